The summed E-state index contributed by atoms with van der Waals surface area (Å²) >= 11 is 1.30. The van der Waals surface area contributed by atoms with Gasteiger partial charge in [-0.3, -0.25) is 14.5 Å². The zero-order chi connectivity index (χ0) is 15.1. The molecule has 0 aromatic carbocycles. The van der Waals surface area contributed by atoms with E-state index in [1.807, 2.05) is 0 Å². The van der Waals surface area contributed by atoms with Gasteiger partial charge < -0.3 is 15.9 Å². The number of hydrogen-bond acceptors (Lipinski definition) is 6. The summed E-state index contributed by atoms with van der Waals surface area (Å²) in [7, 11) is 1.72. The molecule has 1 aromatic heterocycles. The molecule has 0 aliphatic rings. The summed E-state index contributed by atoms with van der Waals surface area (Å²) in [4.78, 5) is 27.6. The van der Waals surface area contributed by atoms with E-state index in [0.29, 0.717) is 30.8 Å². The highest BCUT2D eigenvalue weighted by Gasteiger charge is 2.26. The van der Waals surface area contributed by atoms with Gasteiger partial charge >= 0.3 is 11.9 Å². The number of likely N-dealkylation sites (N-methyl/N-ethyl adjacent to an activating group) is 1. The SMILES string of the molecule is CN(CCCCC(N)C(=O)O)C(C(=O)O)c1nccs1. The Morgan fingerprint density at radius 3 is 2.60 bits per heavy atom. The van der Waals surface area contributed by atoms with Crippen LogP contribution in [0, 0.1) is 0 Å². The van der Waals surface area contributed by atoms with Crippen molar-refractivity contribution in [1.82, 2.24) is 9.88 Å². The van der Waals surface area contributed by atoms with E-state index in [1.165, 1.54) is 11.3 Å². The number of unbranched alkanes of at least 4 members (excludes halogenated alkanes) is 1. The summed E-state index contributed by atoms with van der Waals surface area (Å²) in [5.74, 6) is -1.95. The van der Waals surface area contributed by atoms with Gasteiger partial charge in [-0.25, -0.2) is 4.98 Å². The van der Waals surface area contributed by atoms with Crippen LogP contribution in [0.4, 0.5) is 0 Å². The van der Waals surface area contributed by atoms with Gasteiger partial charge in [0.2, 0.25) is 0 Å². The first kappa shape index (κ1) is 16.5. The molecule has 0 spiro atoms. The number of nitrogens with two attached hydrogens (primary N) is 1. The second kappa shape index (κ2) is 7.93. The van der Waals surface area contributed by atoms with Gasteiger partial charge in [0.1, 0.15) is 11.0 Å². The van der Waals surface area contributed by atoms with E-state index in [1.54, 1.807) is 23.5 Å². The molecule has 0 aliphatic carbocycles. The van der Waals surface area contributed by atoms with Gasteiger partial charge in [0.25, 0.3) is 0 Å². The molecule has 0 amide bonds. The summed E-state index contributed by atoms with van der Waals surface area (Å²) in [5.41, 5.74) is 5.40. The zero-order valence-corrected chi connectivity index (χ0v) is 12.0. The Kier molecular flexibility index (Phi) is 6.56. The van der Waals surface area contributed by atoms with E-state index in [-0.39, 0.29) is 0 Å². The Morgan fingerprint density at radius 1 is 1.40 bits per heavy atom. The fourth-order valence-electron chi connectivity index (χ4n) is 1.83. The summed E-state index contributed by atoms with van der Waals surface area (Å²) in [6.45, 7) is 0.545. The average molecular weight is 301 g/mol. The van der Waals surface area contributed by atoms with Crippen molar-refractivity contribution in [2.24, 2.45) is 5.73 Å². The lowest BCUT2D eigenvalue weighted by Crippen LogP contribution is -2.32. The second-order valence-corrected chi connectivity index (χ2v) is 5.46. The lowest BCUT2D eigenvalue weighted by molar-refractivity contribution is -0.143. The third-order valence-corrected chi connectivity index (χ3v) is 3.78. The number of carboxylic acids is 2. The molecule has 8 heteroatoms. The Labute approximate surface area is 121 Å². The van der Waals surface area contributed by atoms with E-state index in [4.69, 9.17) is 10.8 Å². The van der Waals surface area contributed by atoms with E-state index in [2.05, 4.69) is 4.98 Å². The number of rotatable bonds is 9. The van der Waals surface area contributed by atoms with Crippen LogP contribution in [0.15, 0.2) is 11.6 Å². The molecule has 2 unspecified atom stereocenters. The maximum atomic E-state index is 11.3. The molecule has 7 nitrogen and oxygen atoms in total. The van der Waals surface area contributed by atoms with Gasteiger partial charge in [0, 0.05) is 11.6 Å². The molecule has 0 aliphatic heterocycles. The molecule has 0 saturated carbocycles. The molecule has 0 bridgehead atoms. The van der Waals surface area contributed by atoms with Crippen LogP contribution in [0.25, 0.3) is 0 Å². The standard InChI is InChI=1S/C12H19N3O4S/c1-15(6-3-2-4-8(13)11(16)17)9(12(18)19)10-14-5-7-20-10/h5,7-9H,2-4,6,13H2,1H3,(H,16,17)(H,18,19). The van der Waals surface area contributed by atoms with Gasteiger partial charge in [-0.15, -0.1) is 11.3 Å². The first-order valence-corrected chi connectivity index (χ1v) is 7.12. The minimum absolute atomic E-state index is 0.387. The van der Waals surface area contributed by atoms with Crippen molar-refractivity contribution >= 4 is 23.3 Å². The monoisotopic (exact) mass is 301 g/mol. The number of aromatic nitrogens is 1. The minimum atomic E-state index is -1.01. The molecule has 0 fully saturated rings. The van der Waals surface area contributed by atoms with Crippen molar-refractivity contribution < 1.29 is 19.8 Å². The average Bonchev–Trinajstić information content (AvgIpc) is 2.87. The van der Waals surface area contributed by atoms with Crippen LogP contribution < -0.4 is 5.73 Å². The molecule has 1 heterocycles. The number of carboxylic acid groups (broad SMARTS) is 2. The van der Waals surface area contributed by atoms with Gasteiger partial charge in [0.05, 0.1) is 0 Å². The number of nitrogens with zero attached hydrogens (tertiary/aromatic N) is 2. The van der Waals surface area contributed by atoms with Gasteiger partial charge in [-0.1, -0.05) is 6.42 Å². The highest BCUT2D eigenvalue weighted by atomic mass is 32.1. The van der Waals surface area contributed by atoms with Crippen LogP contribution >= 0.6 is 11.3 Å². The van der Waals surface area contributed by atoms with Crippen LogP contribution in [-0.4, -0.2) is 51.7 Å². The molecule has 1 rings (SSSR count). The first-order chi connectivity index (χ1) is 9.43. The second-order valence-electron chi connectivity index (χ2n) is 4.53. The number of carbonyl (C=O) groups is 2. The Balaban J connectivity index is 2.42. The van der Waals surface area contributed by atoms with Crippen LogP contribution in [0.3, 0.4) is 0 Å². The predicted octanol–water partition coefficient (Wildman–Crippen LogP) is 0.783. The van der Waals surface area contributed by atoms with Crippen molar-refractivity contribution in [1.29, 1.82) is 0 Å². The third kappa shape index (κ3) is 4.87. The van der Waals surface area contributed by atoms with E-state index in [0.717, 1.165) is 0 Å². The van der Waals surface area contributed by atoms with E-state index < -0.39 is 24.0 Å². The number of thiazole rings is 1. The summed E-state index contributed by atoms with van der Waals surface area (Å²) in [6.07, 6.45) is 3.29. The number of hydrogen-bond donors (Lipinski definition) is 3. The van der Waals surface area contributed by atoms with Crippen molar-refractivity contribution in [2.75, 3.05) is 13.6 Å². The van der Waals surface area contributed by atoms with E-state index in [9.17, 15) is 14.7 Å². The smallest absolute Gasteiger partial charge is 0.328 e. The molecule has 0 radical (unpaired) electrons. The van der Waals surface area contributed by atoms with Crippen molar-refractivity contribution in [3.8, 4) is 0 Å². The molecule has 0 saturated heterocycles. The van der Waals surface area contributed by atoms with E-state index >= 15 is 0 Å². The maximum absolute atomic E-state index is 11.3. The lowest BCUT2D eigenvalue weighted by atomic mass is 10.1. The highest BCUT2D eigenvalue weighted by molar-refractivity contribution is 7.09. The lowest BCUT2D eigenvalue weighted by Gasteiger charge is -2.22. The number of aliphatic carboxylic acids is 2. The van der Waals surface area contributed by atoms with Gasteiger partial charge in [-0.05, 0) is 26.4 Å². The predicted molar refractivity (Wildman–Crippen MR) is 74.6 cm³/mol. The first-order valence-electron chi connectivity index (χ1n) is 6.24. The summed E-state index contributed by atoms with van der Waals surface area (Å²) in [5, 5.41) is 20.2. The summed E-state index contributed by atoms with van der Waals surface area (Å²) < 4.78 is 0. The van der Waals surface area contributed by atoms with Crippen molar-refractivity contribution in [3.05, 3.63) is 16.6 Å². The van der Waals surface area contributed by atoms with Crippen LogP contribution in [0.5, 0.6) is 0 Å². The molecule has 1 aromatic rings. The van der Waals surface area contributed by atoms with Gasteiger partial charge in [-0.2, -0.15) is 0 Å². The quantitative estimate of drug-likeness (QED) is 0.577. The largest absolute Gasteiger partial charge is 0.480 e. The highest BCUT2D eigenvalue weighted by Crippen LogP contribution is 2.22. The fraction of sp³-hybridized carbons (Fsp3) is 0.583. The normalized spacial score (nSPS) is 14.2. The molecule has 4 N–H and O–H groups in total. The molecular formula is C12H19N3O4S. The minimum Gasteiger partial charge on any atom is -0.480 e. The van der Waals surface area contributed by atoms with Gasteiger partial charge in [0.15, 0.2) is 6.04 Å². The van der Waals surface area contributed by atoms with Crippen LogP contribution in [-0.2, 0) is 9.59 Å². The molecule has 112 valence electrons. The third-order valence-electron chi connectivity index (χ3n) is 2.95. The Morgan fingerprint density at radius 2 is 2.10 bits per heavy atom. The van der Waals surface area contributed by atoms with Crippen LogP contribution in [0.1, 0.15) is 30.3 Å². The topological polar surface area (TPSA) is 117 Å². The maximum Gasteiger partial charge on any atom is 0.328 e. The van der Waals surface area contributed by atoms with Crippen molar-refractivity contribution in [2.45, 2.75) is 31.3 Å². The molecular weight excluding hydrogens is 282 g/mol. The van der Waals surface area contributed by atoms with Crippen molar-refractivity contribution in [3.63, 3.8) is 0 Å². The molecule has 20 heavy (non-hydrogen) atoms. The summed E-state index contributed by atoms with van der Waals surface area (Å²) in [6, 6.07) is -1.61. The zero-order valence-electron chi connectivity index (χ0n) is 11.2. The molecule has 2 atom stereocenters. The van der Waals surface area contributed by atoms with Crippen LogP contribution in [0.2, 0.25) is 0 Å². The Hall–Kier alpha value is -1.51. The Bertz CT molecular complexity index is 438. The fourth-order valence-corrected chi connectivity index (χ4v) is 2.62.